The molecule has 1 aliphatic rings. The molecule has 0 amide bonds. The van der Waals surface area contributed by atoms with Crippen LogP contribution in [0.15, 0.2) is 24.4 Å². The van der Waals surface area contributed by atoms with Crippen LogP contribution in [-0.4, -0.2) is 24.4 Å². The van der Waals surface area contributed by atoms with Gasteiger partial charge < -0.3 is 15.8 Å². The van der Waals surface area contributed by atoms with E-state index in [0.717, 1.165) is 31.6 Å². The van der Waals surface area contributed by atoms with Gasteiger partial charge in [-0.2, -0.15) is 0 Å². The van der Waals surface area contributed by atoms with E-state index in [1.165, 1.54) is 12.3 Å². The molecule has 0 radical (unpaired) electrons. The van der Waals surface area contributed by atoms with E-state index in [4.69, 9.17) is 10.5 Å². The minimum atomic E-state index is -0.347. The Kier molecular flexibility index (Phi) is 4.66. The number of hydrogen-bond donors (Lipinski definition) is 2. The molecular weight excluding hydrogens is 233 g/mol. The van der Waals surface area contributed by atoms with Crippen LogP contribution in [0, 0.1) is 5.82 Å². The summed E-state index contributed by atoms with van der Waals surface area (Å²) in [5.74, 6) is -0.347. The van der Waals surface area contributed by atoms with Gasteiger partial charge in [-0.15, -0.1) is 0 Å². The van der Waals surface area contributed by atoms with E-state index in [-0.39, 0.29) is 12.0 Å². The van der Waals surface area contributed by atoms with Gasteiger partial charge in [0.05, 0.1) is 17.6 Å². The van der Waals surface area contributed by atoms with Gasteiger partial charge in [0.25, 0.3) is 0 Å². The molecule has 1 aromatic rings. The van der Waals surface area contributed by atoms with E-state index in [1.54, 1.807) is 6.07 Å². The fraction of sp³-hybridized carbons (Fsp3) is 0.462. The molecule has 3 N–H and O–H groups in total. The zero-order chi connectivity index (χ0) is 12.8. The molecule has 5 heteroatoms. The van der Waals surface area contributed by atoms with Gasteiger partial charge in [0.2, 0.25) is 0 Å². The summed E-state index contributed by atoms with van der Waals surface area (Å²) in [6.07, 6.45) is 6.22. The highest BCUT2D eigenvalue weighted by molar-refractivity contribution is 5.60. The molecule has 98 valence electrons. The molecular formula is C13H18FN3O. The van der Waals surface area contributed by atoms with Crippen LogP contribution in [-0.2, 0) is 4.74 Å². The predicted octanol–water partition coefficient (Wildman–Crippen LogP) is 1.64. The van der Waals surface area contributed by atoms with E-state index in [1.807, 2.05) is 6.08 Å². The summed E-state index contributed by atoms with van der Waals surface area (Å²) in [7, 11) is 0. The SMILES string of the molecule is NC/C=C(\NC1CCCCO1)c1ccc(F)cn1. The van der Waals surface area contributed by atoms with Crippen molar-refractivity contribution in [3.8, 4) is 0 Å². The summed E-state index contributed by atoms with van der Waals surface area (Å²) in [6, 6.07) is 3.02. The van der Waals surface area contributed by atoms with Gasteiger partial charge in [-0.3, -0.25) is 4.98 Å². The van der Waals surface area contributed by atoms with Crippen molar-refractivity contribution < 1.29 is 9.13 Å². The molecule has 0 spiro atoms. The van der Waals surface area contributed by atoms with Crippen molar-refractivity contribution in [1.82, 2.24) is 10.3 Å². The number of hydrogen-bond acceptors (Lipinski definition) is 4. The van der Waals surface area contributed by atoms with Crippen molar-refractivity contribution in [2.75, 3.05) is 13.2 Å². The van der Waals surface area contributed by atoms with Crippen LogP contribution in [0.25, 0.3) is 5.70 Å². The third-order valence-corrected chi connectivity index (χ3v) is 2.82. The zero-order valence-corrected chi connectivity index (χ0v) is 10.2. The normalized spacial score (nSPS) is 20.8. The summed E-state index contributed by atoms with van der Waals surface area (Å²) in [6.45, 7) is 1.17. The molecule has 1 atom stereocenters. The third-order valence-electron chi connectivity index (χ3n) is 2.82. The number of nitrogens with one attached hydrogen (secondary N) is 1. The number of halogens is 1. The van der Waals surface area contributed by atoms with Gasteiger partial charge in [-0.05, 0) is 37.5 Å². The van der Waals surface area contributed by atoms with Crippen LogP contribution in [0.5, 0.6) is 0 Å². The number of nitrogens with two attached hydrogens (primary N) is 1. The smallest absolute Gasteiger partial charge is 0.141 e. The monoisotopic (exact) mass is 251 g/mol. The summed E-state index contributed by atoms with van der Waals surface area (Å²) in [4.78, 5) is 4.05. The molecule has 18 heavy (non-hydrogen) atoms. The molecule has 0 aromatic carbocycles. The summed E-state index contributed by atoms with van der Waals surface area (Å²) < 4.78 is 18.4. The molecule has 0 aliphatic carbocycles. The number of aromatic nitrogens is 1. The minimum Gasteiger partial charge on any atom is -0.359 e. The highest BCUT2D eigenvalue weighted by atomic mass is 19.1. The van der Waals surface area contributed by atoms with Gasteiger partial charge in [-0.1, -0.05) is 0 Å². The first-order valence-electron chi connectivity index (χ1n) is 6.20. The Balaban J connectivity index is 2.08. The van der Waals surface area contributed by atoms with Gasteiger partial charge >= 0.3 is 0 Å². The Morgan fingerprint density at radius 3 is 3.06 bits per heavy atom. The summed E-state index contributed by atoms with van der Waals surface area (Å²) in [5, 5.41) is 3.27. The van der Waals surface area contributed by atoms with Gasteiger partial charge in [0, 0.05) is 13.2 Å². The topological polar surface area (TPSA) is 60.2 Å². The number of nitrogens with zero attached hydrogens (tertiary/aromatic N) is 1. The van der Waals surface area contributed by atoms with Gasteiger partial charge in [0.1, 0.15) is 12.0 Å². The lowest BCUT2D eigenvalue weighted by atomic mass is 10.1. The molecule has 0 saturated carbocycles. The van der Waals surface area contributed by atoms with Crippen LogP contribution in [0.4, 0.5) is 4.39 Å². The minimum absolute atomic E-state index is 0.0107. The Bertz CT molecular complexity index is 399. The first kappa shape index (κ1) is 13.0. The van der Waals surface area contributed by atoms with E-state index >= 15 is 0 Å². The van der Waals surface area contributed by atoms with Crippen LogP contribution in [0.2, 0.25) is 0 Å². The van der Waals surface area contributed by atoms with Crippen LogP contribution < -0.4 is 11.1 Å². The maximum Gasteiger partial charge on any atom is 0.141 e. The zero-order valence-electron chi connectivity index (χ0n) is 10.2. The highest BCUT2D eigenvalue weighted by Crippen LogP contribution is 2.15. The average Bonchev–Trinajstić information content (AvgIpc) is 2.40. The largest absolute Gasteiger partial charge is 0.359 e. The molecule has 4 nitrogen and oxygen atoms in total. The first-order chi connectivity index (χ1) is 8.79. The lowest BCUT2D eigenvalue weighted by molar-refractivity contribution is 0.00524. The van der Waals surface area contributed by atoms with E-state index < -0.39 is 0 Å². The average molecular weight is 251 g/mol. The Labute approximate surface area is 106 Å². The molecule has 0 bridgehead atoms. The number of ether oxygens (including phenoxy) is 1. The fourth-order valence-corrected chi connectivity index (χ4v) is 1.92. The lowest BCUT2D eigenvalue weighted by Gasteiger charge is -2.25. The van der Waals surface area contributed by atoms with Gasteiger partial charge in [0.15, 0.2) is 0 Å². The standard InChI is InChI=1S/C13H18FN3O/c14-10-4-5-11(16-9-10)12(6-7-15)17-13-3-1-2-8-18-13/h4-6,9,13,17H,1-3,7-8,15H2/b12-6-. The van der Waals surface area contributed by atoms with Crippen molar-refractivity contribution >= 4 is 5.70 Å². The van der Waals surface area contributed by atoms with Crippen molar-refractivity contribution in [2.45, 2.75) is 25.5 Å². The highest BCUT2D eigenvalue weighted by Gasteiger charge is 2.15. The van der Waals surface area contributed by atoms with Crippen LogP contribution in [0.3, 0.4) is 0 Å². The number of rotatable bonds is 4. The second kappa shape index (κ2) is 6.47. The van der Waals surface area contributed by atoms with E-state index in [0.29, 0.717) is 12.2 Å². The van der Waals surface area contributed by atoms with E-state index in [9.17, 15) is 4.39 Å². The molecule has 1 unspecified atom stereocenters. The van der Waals surface area contributed by atoms with E-state index in [2.05, 4.69) is 10.3 Å². The second-order valence-corrected chi connectivity index (χ2v) is 4.21. The Hall–Kier alpha value is -1.46. The van der Waals surface area contributed by atoms with Crippen LogP contribution >= 0.6 is 0 Å². The number of pyridine rings is 1. The molecule has 1 fully saturated rings. The van der Waals surface area contributed by atoms with Crippen molar-refractivity contribution in [3.05, 3.63) is 35.9 Å². The first-order valence-corrected chi connectivity index (χ1v) is 6.20. The molecule has 1 saturated heterocycles. The second-order valence-electron chi connectivity index (χ2n) is 4.21. The summed E-state index contributed by atoms with van der Waals surface area (Å²) >= 11 is 0. The molecule has 1 aliphatic heterocycles. The van der Waals surface area contributed by atoms with Gasteiger partial charge in [-0.25, -0.2) is 4.39 Å². The van der Waals surface area contributed by atoms with Crippen molar-refractivity contribution in [3.63, 3.8) is 0 Å². The van der Waals surface area contributed by atoms with Crippen molar-refractivity contribution in [2.24, 2.45) is 5.73 Å². The maximum absolute atomic E-state index is 12.8. The van der Waals surface area contributed by atoms with Crippen molar-refractivity contribution in [1.29, 1.82) is 0 Å². The molecule has 2 heterocycles. The predicted molar refractivity (Wildman–Crippen MR) is 68.0 cm³/mol. The van der Waals surface area contributed by atoms with Crippen LogP contribution in [0.1, 0.15) is 25.0 Å². The summed E-state index contributed by atoms with van der Waals surface area (Å²) in [5.41, 5.74) is 7.02. The Morgan fingerprint density at radius 1 is 1.56 bits per heavy atom. The lowest BCUT2D eigenvalue weighted by Crippen LogP contribution is -2.34. The quantitative estimate of drug-likeness (QED) is 0.854. The molecule has 1 aromatic heterocycles. The maximum atomic E-state index is 12.8. The fourth-order valence-electron chi connectivity index (χ4n) is 1.92. The Morgan fingerprint density at radius 2 is 2.44 bits per heavy atom. The molecule has 2 rings (SSSR count). The third kappa shape index (κ3) is 3.51.